The van der Waals surface area contributed by atoms with Gasteiger partial charge >= 0.3 is 0 Å². The Balaban J connectivity index is 0.000000140. The van der Waals surface area contributed by atoms with Crippen LogP contribution in [-0.2, 0) is 0 Å². The van der Waals surface area contributed by atoms with Crippen LogP contribution in [-0.4, -0.2) is 0 Å². The second kappa shape index (κ2) is 33.3. The van der Waals surface area contributed by atoms with Crippen molar-refractivity contribution in [1.82, 2.24) is 0 Å². The highest BCUT2D eigenvalue weighted by Crippen LogP contribution is 2.52. The molecule has 0 aliphatic rings. The number of rotatable bonds is 14. The lowest BCUT2D eigenvalue weighted by molar-refractivity contribution is 0.670. The van der Waals surface area contributed by atoms with Crippen LogP contribution in [0.1, 0.15) is 0 Å². The van der Waals surface area contributed by atoms with Gasteiger partial charge in [-0.2, -0.15) is 0 Å². The predicted molar refractivity (Wildman–Crippen MR) is 591 cm³/mol. The summed E-state index contributed by atoms with van der Waals surface area (Å²) in [6.45, 7) is 0. The summed E-state index contributed by atoms with van der Waals surface area (Å²) in [6, 6.07) is 181. The molecular formula is C132H82N2O2S2. The lowest BCUT2D eigenvalue weighted by Crippen LogP contribution is -2.10. The quantitative estimate of drug-likeness (QED) is 0.109. The summed E-state index contributed by atoms with van der Waals surface area (Å²) >= 11 is 3.81. The van der Waals surface area contributed by atoms with Crippen molar-refractivity contribution >= 4 is 206 Å². The number of hydrogen-bond donors (Lipinski definition) is 0. The maximum Gasteiger partial charge on any atom is 0.143 e. The van der Waals surface area contributed by atoms with Gasteiger partial charge in [-0.05, 0) is 252 Å². The summed E-state index contributed by atoms with van der Waals surface area (Å²) in [5.41, 5.74) is 28.9. The highest BCUT2D eigenvalue weighted by atomic mass is 32.1. The summed E-state index contributed by atoms with van der Waals surface area (Å²) in [5, 5.41) is 24.6. The Labute approximate surface area is 804 Å². The van der Waals surface area contributed by atoms with Gasteiger partial charge in [-0.15, -0.1) is 22.7 Å². The second-order valence-electron chi connectivity index (χ2n) is 36.0. The summed E-state index contributed by atoms with van der Waals surface area (Å²) in [6.07, 6.45) is 0. The number of thiophene rings is 2. The number of para-hydroxylation sites is 2. The fraction of sp³-hybridized carbons (Fsp3) is 0. The number of fused-ring (bicyclic) bond motifs is 22. The molecule has 0 amide bonds. The molecule has 28 rings (SSSR count). The topological polar surface area (TPSA) is 32.8 Å². The van der Waals surface area contributed by atoms with Crippen LogP contribution in [0.15, 0.2) is 506 Å². The Kier molecular flexibility index (Phi) is 19.3. The van der Waals surface area contributed by atoms with Crippen LogP contribution in [0.4, 0.5) is 34.1 Å². The summed E-state index contributed by atoms with van der Waals surface area (Å²) in [7, 11) is 0. The minimum atomic E-state index is 0.900. The molecule has 4 nitrogen and oxygen atoms in total. The average molecular weight is 1790 g/mol. The minimum Gasteiger partial charge on any atom is -0.455 e. The maximum atomic E-state index is 6.75. The van der Waals surface area contributed by atoms with E-state index in [4.69, 9.17) is 8.83 Å². The van der Waals surface area contributed by atoms with E-state index in [1.54, 1.807) is 0 Å². The van der Waals surface area contributed by atoms with E-state index in [2.05, 4.69) is 501 Å². The molecule has 28 aromatic rings. The van der Waals surface area contributed by atoms with Gasteiger partial charge in [-0.3, -0.25) is 0 Å². The van der Waals surface area contributed by atoms with Crippen LogP contribution in [0.5, 0.6) is 0 Å². The molecule has 0 saturated carbocycles. The summed E-state index contributed by atoms with van der Waals surface area (Å²) < 4.78 is 18.8. The van der Waals surface area contributed by atoms with Crippen LogP contribution >= 0.6 is 22.7 Å². The van der Waals surface area contributed by atoms with E-state index in [1.807, 2.05) is 28.7 Å². The standard InChI is InChI=1S/C70H43NOS.C62H39NOS/c1-2-17-48-39-57(35-33-44(48)15-1)71(55-26-13-22-49(40-55)46-20-11-24-51(37-46)63-42-52-18-4-7-29-59(52)67-61-31-9-10-32-64(61)72-69(63)67)56-27-14-23-50(41-56)47-21-12-25-54(38-47)66-58-28-6-5-19-53(58)43-65-68(66)62-36-34-45-16-3-8-30-60(45)70(62)73-65;1-2-11-40(12-3-1)46-15-8-16-47(39-46)41-23-31-48(32-24-41)63(49-33-25-44(26-34-49)52-19-9-21-55-56-37-29-42-13-4-6-17-51(42)60(56)64-59(52)55)50-35-27-45(28-36-50)54-20-10-22-57-58-38-30-43-14-5-7-18-53(43)62(58)65-61(54)57/h1-43H;1-39H. The molecule has 0 aliphatic heterocycles. The molecule has 0 radical (unpaired) electrons. The van der Waals surface area contributed by atoms with Gasteiger partial charge in [0.1, 0.15) is 22.3 Å². The third kappa shape index (κ3) is 13.9. The number of furan rings is 2. The van der Waals surface area contributed by atoms with E-state index in [1.165, 1.54) is 150 Å². The zero-order valence-corrected chi connectivity index (χ0v) is 76.5. The largest absolute Gasteiger partial charge is 0.455 e. The van der Waals surface area contributed by atoms with E-state index in [0.29, 0.717) is 0 Å². The third-order valence-electron chi connectivity index (χ3n) is 28.0. The Bertz CT molecular complexity index is 9550. The lowest BCUT2D eigenvalue weighted by Gasteiger charge is -2.27. The van der Waals surface area contributed by atoms with Crippen molar-refractivity contribution in [3.05, 3.63) is 497 Å². The molecule has 6 heteroatoms. The molecule has 4 aromatic heterocycles. The predicted octanol–water partition coefficient (Wildman–Crippen LogP) is 39.1. The van der Waals surface area contributed by atoms with Gasteiger partial charge in [0, 0.05) is 113 Å². The number of hydrogen-bond acceptors (Lipinski definition) is 6. The first kappa shape index (κ1) is 80.2. The number of anilines is 6. The molecule has 0 atom stereocenters. The van der Waals surface area contributed by atoms with Gasteiger partial charge < -0.3 is 18.6 Å². The maximum absolute atomic E-state index is 6.75. The Hall–Kier alpha value is -17.5. The van der Waals surface area contributed by atoms with E-state index in [0.717, 1.165) is 122 Å². The van der Waals surface area contributed by atoms with E-state index in [-0.39, 0.29) is 0 Å². The fourth-order valence-electron chi connectivity index (χ4n) is 21.4. The molecule has 0 spiro atoms. The van der Waals surface area contributed by atoms with Gasteiger partial charge in [-0.1, -0.05) is 382 Å². The monoisotopic (exact) mass is 1790 g/mol. The molecule has 4 heterocycles. The summed E-state index contributed by atoms with van der Waals surface area (Å²) in [4.78, 5) is 4.77. The van der Waals surface area contributed by atoms with Crippen molar-refractivity contribution in [1.29, 1.82) is 0 Å². The normalized spacial score (nSPS) is 11.8. The zero-order valence-electron chi connectivity index (χ0n) is 74.9. The van der Waals surface area contributed by atoms with E-state index < -0.39 is 0 Å². The van der Waals surface area contributed by atoms with Crippen LogP contribution < -0.4 is 9.80 Å². The van der Waals surface area contributed by atoms with E-state index in [9.17, 15) is 0 Å². The van der Waals surface area contributed by atoms with Crippen molar-refractivity contribution in [2.75, 3.05) is 9.80 Å². The highest BCUT2D eigenvalue weighted by Gasteiger charge is 2.25. The number of nitrogens with zero attached hydrogens (tertiary/aromatic N) is 2. The molecule has 0 unspecified atom stereocenters. The van der Waals surface area contributed by atoms with Crippen LogP contribution in [0.2, 0.25) is 0 Å². The van der Waals surface area contributed by atoms with Gasteiger partial charge in [0.05, 0.1) is 0 Å². The van der Waals surface area contributed by atoms with E-state index >= 15 is 0 Å². The smallest absolute Gasteiger partial charge is 0.143 e. The molecule has 0 fully saturated rings. The van der Waals surface area contributed by atoms with Crippen molar-refractivity contribution in [2.45, 2.75) is 0 Å². The first-order valence-corrected chi connectivity index (χ1v) is 48.7. The van der Waals surface area contributed by atoms with Crippen LogP contribution in [0, 0.1) is 0 Å². The number of benzene rings is 24. The van der Waals surface area contributed by atoms with Crippen LogP contribution in [0.25, 0.3) is 238 Å². The van der Waals surface area contributed by atoms with Crippen molar-refractivity contribution < 1.29 is 8.83 Å². The van der Waals surface area contributed by atoms with Gasteiger partial charge in [0.2, 0.25) is 0 Å². The van der Waals surface area contributed by atoms with Crippen molar-refractivity contribution in [3.63, 3.8) is 0 Å². The molecule has 24 aromatic carbocycles. The first-order valence-electron chi connectivity index (χ1n) is 47.1. The lowest BCUT2D eigenvalue weighted by atomic mass is 9.91. The minimum absolute atomic E-state index is 0.900. The van der Waals surface area contributed by atoms with Gasteiger partial charge in [-0.25, -0.2) is 0 Å². The van der Waals surface area contributed by atoms with Crippen LogP contribution in [0.3, 0.4) is 0 Å². The average Bonchev–Trinajstić information content (AvgIpc) is 1.57. The molecule has 0 saturated heterocycles. The Morgan fingerprint density at radius 1 is 0.159 bits per heavy atom. The van der Waals surface area contributed by atoms with Crippen molar-refractivity contribution in [3.8, 4) is 89.0 Å². The van der Waals surface area contributed by atoms with Crippen molar-refractivity contribution in [2.24, 2.45) is 0 Å². The SMILES string of the molecule is c1cc(-c2cccc(N(c3cccc(-c4cccc(-c5c6ccccc6cc6sc7c8ccccc8ccc7c56)c4)c3)c3ccc4ccccc4c3)c2)cc(-c2cc3ccccc3c3c2oc2ccccc23)c1.c1ccc(-c2cccc(-c3ccc(N(c4ccc(-c5cccc6c5oc5c7ccccc7ccc65)cc4)c4ccc(-c5cccc6c5sc5c7ccccc7ccc65)cc4)cc3)c2)cc1. The first-order chi connectivity index (χ1) is 68.4. The molecule has 138 heavy (non-hydrogen) atoms. The summed E-state index contributed by atoms with van der Waals surface area (Å²) in [5.74, 6) is 0. The van der Waals surface area contributed by atoms with Gasteiger partial charge in [0.25, 0.3) is 0 Å². The third-order valence-corrected chi connectivity index (χ3v) is 30.5. The second-order valence-corrected chi connectivity index (χ2v) is 38.1. The molecule has 644 valence electrons. The Morgan fingerprint density at radius 3 is 1.22 bits per heavy atom. The zero-order chi connectivity index (χ0) is 90.8. The molecule has 0 N–H and O–H groups in total. The fourth-order valence-corrected chi connectivity index (χ4v) is 24.1. The highest BCUT2D eigenvalue weighted by molar-refractivity contribution is 7.27. The Morgan fingerprint density at radius 2 is 0.558 bits per heavy atom. The molecule has 0 aliphatic carbocycles. The molecule has 0 bridgehead atoms. The van der Waals surface area contributed by atoms with Gasteiger partial charge in [0.15, 0.2) is 0 Å². The molecular weight excluding hydrogens is 1710 g/mol.